The summed E-state index contributed by atoms with van der Waals surface area (Å²) < 4.78 is 5.40. The molecule has 0 amide bonds. The Labute approximate surface area is 103 Å². The molecule has 0 radical (unpaired) electrons. The molecule has 3 heteroatoms. The second-order valence-electron chi connectivity index (χ2n) is 3.84. The third-order valence-electron chi connectivity index (χ3n) is 2.39. The minimum absolute atomic E-state index is 0.309. The van der Waals surface area contributed by atoms with Crippen molar-refractivity contribution in [2.75, 3.05) is 19.8 Å². The van der Waals surface area contributed by atoms with Crippen LogP contribution < -0.4 is 5.32 Å². The molecule has 0 unspecified atom stereocenters. The topological polar surface area (TPSA) is 21.3 Å². The molecule has 16 heavy (non-hydrogen) atoms. The molecule has 1 aromatic rings. The molecular formula is C13H20ClNO. The molecule has 0 heterocycles. The lowest BCUT2D eigenvalue weighted by atomic mass is 10.1. The predicted octanol–water partition coefficient (Wildman–Crippen LogP) is 3.42. The maximum absolute atomic E-state index is 5.94. The zero-order valence-electron chi connectivity index (χ0n) is 10.0. The molecule has 0 bridgehead atoms. The van der Waals surface area contributed by atoms with Gasteiger partial charge < -0.3 is 10.1 Å². The van der Waals surface area contributed by atoms with E-state index in [0.29, 0.717) is 6.04 Å². The van der Waals surface area contributed by atoms with Crippen LogP contribution in [0.4, 0.5) is 0 Å². The Kier molecular flexibility index (Phi) is 6.46. The van der Waals surface area contributed by atoms with Crippen LogP contribution in [0.2, 0.25) is 5.02 Å². The van der Waals surface area contributed by atoms with E-state index in [-0.39, 0.29) is 0 Å². The minimum atomic E-state index is 0.309. The van der Waals surface area contributed by atoms with Gasteiger partial charge in [-0.2, -0.15) is 0 Å². The number of rotatable bonds is 7. The molecule has 0 fully saturated rings. The van der Waals surface area contributed by atoms with E-state index < -0.39 is 0 Å². The summed E-state index contributed by atoms with van der Waals surface area (Å²) in [4.78, 5) is 0. The largest absolute Gasteiger partial charge is 0.380 e. The third kappa shape index (κ3) is 4.97. The van der Waals surface area contributed by atoms with E-state index in [9.17, 15) is 0 Å². The van der Waals surface area contributed by atoms with Crippen LogP contribution in [0.25, 0.3) is 0 Å². The van der Waals surface area contributed by atoms with Crippen LogP contribution in [0.15, 0.2) is 24.3 Å². The normalized spacial score (nSPS) is 12.7. The number of benzene rings is 1. The van der Waals surface area contributed by atoms with Gasteiger partial charge in [0.2, 0.25) is 0 Å². The van der Waals surface area contributed by atoms with Crippen molar-refractivity contribution in [1.29, 1.82) is 0 Å². The molecule has 0 spiro atoms. The second kappa shape index (κ2) is 7.66. The summed E-state index contributed by atoms with van der Waals surface area (Å²) in [6.07, 6.45) is 1.07. The summed E-state index contributed by atoms with van der Waals surface area (Å²) in [6, 6.07) is 8.25. The quantitative estimate of drug-likeness (QED) is 0.739. The summed E-state index contributed by atoms with van der Waals surface area (Å²) in [7, 11) is 0. The number of nitrogens with one attached hydrogen (secondary N) is 1. The number of hydrogen-bond acceptors (Lipinski definition) is 2. The predicted molar refractivity (Wildman–Crippen MR) is 69.0 cm³/mol. The lowest BCUT2D eigenvalue weighted by molar-refractivity contribution is 0.135. The Morgan fingerprint density at radius 1 is 1.38 bits per heavy atom. The van der Waals surface area contributed by atoms with Crippen LogP contribution in [0, 0.1) is 0 Å². The van der Waals surface area contributed by atoms with Gasteiger partial charge in [-0.15, -0.1) is 0 Å². The molecular weight excluding hydrogens is 222 g/mol. The monoisotopic (exact) mass is 241 g/mol. The van der Waals surface area contributed by atoms with E-state index in [2.05, 4.69) is 25.2 Å². The van der Waals surface area contributed by atoms with Crippen molar-refractivity contribution < 1.29 is 4.74 Å². The summed E-state index contributed by atoms with van der Waals surface area (Å²) in [5.41, 5.74) is 1.21. The first-order valence-electron chi connectivity index (χ1n) is 5.80. The maximum Gasteiger partial charge on any atom is 0.0591 e. The van der Waals surface area contributed by atoms with Gasteiger partial charge in [0.05, 0.1) is 6.61 Å². The molecule has 0 aromatic heterocycles. The third-order valence-corrected chi connectivity index (χ3v) is 2.63. The average Bonchev–Trinajstić information content (AvgIpc) is 2.28. The van der Waals surface area contributed by atoms with Crippen molar-refractivity contribution in [2.45, 2.75) is 26.3 Å². The van der Waals surface area contributed by atoms with E-state index in [1.165, 1.54) is 5.56 Å². The minimum Gasteiger partial charge on any atom is -0.380 e. The Balaban J connectivity index is 2.27. The summed E-state index contributed by atoms with van der Waals surface area (Å²) in [6.45, 7) is 6.72. The number of halogens is 1. The van der Waals surface area contributed by atoms with E-state index >= 15 is 0 Å². The van der Waals surface area contributed by atoms with Gasteiger partial charge in [0, 0.05) is 24.2 Å². The van der Waals surface area contributed by atoms with Crippen molar-refractivity contribution in [2.24, 2.45) is 0 Å². The highest BCUT2D eigenvalue weighted by atomic mass is 35.5. The number of ether oxygens (including phenoxy) is 1. The molecule has 1 aromatic carbocycles. The molecule has 0 saturated carbocycles. The van der Waals surface area contributed by atoms with Crippen LogP contribution in [-0.2, 0) is 4.74 Å². The Bertz CT molecular complexity index is 304. The molecule has 90 valence electrons. The van der Waals surface area contributed by atoms with Crippen molar-refractivity contribution in [3.63, 3.8) is 0 Å². The van der Waals surface area contributed by atoms with Crippen LogP contribution in [0.5, 0.6) is 0 Å². The van der Waals surface area contributed by atoms with Crippen molar-refractivity contribution in [3.05, 3.63) is 34.9 Å². The number of hydrogen-bond donors (Lipinski definition) is 1. The van der Waals surface area contributed by atoms with Crippen molar-refractivity contribution >= 4 is 11.6 Å². The van der Waals surface area contributed by atoms with E-state index in [0.717, 1.165) is 31.2 Å². The Morgan fingerprint density at radius 2 is 2.19 bits per heavy atom. The summed E-state index contributed by atoms with van der Waals surface area (Å²) in [5, 5.41) is 4.19. The second-order valence-corrected chi connectivity index (χ2v) is 4.28. The fourth-order valence-corrected chi connectivity index (χ4v) is 1.69. The van der Waals surface area contributed by atoms with Crippen LogP contribution >= 0.6 is 11.6 Å². The van der Waals surface area contributed by atoms with Crippen LogP contribution in [0.3, 0.4) is 0 Å². The van der Waals surface area contributed by atoms with Gasteiger partial charge in [-0.25, -0.2) is 0 Å². The first kappa shape index (κ1) is 13.5. The molecule has 1 rings (SSSR count). The van der Waals surface area contributed by atoms with E-state index in [1.807, 2.05) is 18.2 Å². The van der Waals surface area contributed by atoms with Gasteiger partial charge in [-0.1, -0.05) is 30.7 Å². The fourth-order valence-electron chi connectivity index (χ4n) is 1.49. The van der Waals surface area contributed by atoms with Gasteiger partial charge in [0.25, 0.3) is 0 Å². The standard InChI is InChI=1S/C13H20ClNO/c1-3-8-16-9-7-15-11(2)12-5-4-6-13(14)10-12/h4-6,10-11,15H,3,7-9H2,1-2H3/t11-/m0/s1. The first-order valence-corrected chi connectivity index (χ1v) is 6.18. The van der Waals surface area contributed by atoms with Crippen molar-refractivity contribution in [3.8, 4) is 0 Å². The van der Waals surface area contributed by atoms with Crippen molar-refractivity contribution in [1.82, 2.24) is 5.32 Å². The van der Waals surface area contributed by atoms with Crippen LogP contribution in [0.1, 0.15) is 31.9 Å². The Morgan fingerprint density at radius 3 is 2.88 bits per heavy atom. The highest BCUT2D eigenvalue weighted by molar-refractivity contribution is 6.30. The lowest BCUT2D eigenvalue weighted by Crippen LogP contribution is -2.23. The SMILES string of the molecule is CCCOCCN[C@@H](C)c1cccc(Cl)c1. The highest BCUT2D eigenvalue weighted by Gasteiger charge is 2.04. The molecule has 2 nitrogen and oxygen atoms in total. The molecule has 0 aliphatic rings. The Hall–Kier alpha value is -0.570. The van der Waals surface area contributed by atoms with E-state index in [4.69, 9.17) is 16.3 Å². The highest BCUT2D eigenvalue weighted by Crippen LogP contribution is 2.16. The molecule has 0 aliphatic heterocycles. The fraction of sp³-hybridized carbons (Fsp3) is 0.538. The van der Waals surface area contributed by atoms with Gasteiger partial charge in [-0.05, 0) is 31.0 Å². The molecule has 1 atom stereocenters. The molecule has 0 aliphatic carbocycles. The average molecular weight is 242 g/mol. The van der Waals surface area contributed by atoms with E-state index in [1.54, 1.807) is 0 Å². The zero-order chi connectivity index (χ0) is 11.8. The molecule has 1 N–H and O–H groups in total. The van der Waals surface area contributed by atoms with Crippen LogP contribution in [-0.4, -0.2) is 19.8 Å². The first-order chi connectivity index (χ1) is 7.74. The van der Waals surface area contributed by atoms with Gasteiger partial charge in [0.15, 0.2) is 0 Å². The summed E-state index contributed by atoms with van der Waals surface area (Å²) in [5.74, 6) is 0. The summed E-state index contributed by atoms with van der Waals surface area (Å²) >= 11 is 5.94. The van der Waals surface area contributed by atoms with Gasteiger partial charge in [0.1, 0.15) is 0 Å². The lowest BCUT2D eigenvalue weighted by Gasteiger charge is -2.14. The van der Waals surface area contributed by atoms with Gasteiger partial charge in [-0.3, -0.25) is 0 Å². The van der Waals surface area contributed by atoms with Gasteiger partial charge >= 0.3 is 0 Å². The molecule has 0 saturated heterocycles. The smallest absolute Gasteiger partial charge is 0.0591 e. The zero-order valence-corrected chi connectivity index (χ0v) is 10.8. The maximum atomic E-state index is 5.94.